The third-order valence-electron chi connectivity index (χ3n) is 23.3. The fourth-order valence-electron chi connectivity index (χ4n) is 16.2. The number of morpholine rings is 2. The zero-order valence-corrected chi connectivity index (χ0v) is 82.6. The minimum Gasteiger partial charge on any atom is -0.425 e. The number of alkyl halides is 12. The lowest BCUT2D eigenvalue weighted by Gasteiger charge is -2.29. The summed E-state index contributed by atoms with van der Waals surface area (Å²) in [5.74, 6) is -4.65. The highest BCUT2D eigenvalue weighted by molar-refractivity contribution is 9.11. The number of carbonyl (C=O) groups excluding carboxylic acids is 5. The van der Waals surface area contributed by atoms with Crippen LogP contribution in [0.5, 0.6) is 5.75 Å². The molecule has 0 aliphatic carbocycles. The van der Waals surface area contributed by atoms with E-state index in [-0.39, 0.29) is 34.6 Å². The number of aromatic nitrogens is 4. The van der Waals surface area contributed by atoms with Gasteiger partial charge in [-0.1, -0.05) is 80.4 Å². The summed E-state index contributed by atoms with van der Waals surface area (Å²) in [5, 5.41) is 10.6. The molecule has 146 heavy (non-hydrogen) atoms. The van der Waals surface area contributed by atoms with E-state index in [0.717, 1.165) is 119 Å². The molecule has 20 rings (SSSR count). The molecule has 0 saturated carbocycles. The molecule has 26 nitrogen and oxygen atoms in total. The number of fused-ring (bicyclic) bond motifs is 5. The molecule has 750 valence electrons. The van der Waals surface area contributed by atoms with Gasteiger partial charge in [-0.05, 0) is 297 Å². The number of esters is 1. The zero-order valence-electron chi connectivity index (χ0n) is 76.3. The van der Waals surface area contributed by atoms with Crippen molar-refractivity contribution >= 4 is 172 Å². The van der Waals surface area contributed by atoms with Gasteiger partial charge in [-0.3, -0.25) is 43.9 Å². The van der Waals surface area contributed by atoms with Crippen LogP contribution >= 0.6 is 63.7 Å². The summed E-state index contributed by atoms with van der Waals surface area (Å²) in [6, 6.07) is 56.0. The van der Waals surface area contributed by atoms with Crippen molar-refractivity contribution in [2.24, 2.45) is 0 Å². The highest BCUT2D eigenvalue weighted by atomic mass is 79.9. The van der Waals surface area contributed by atoms with Gasteiger partial charge < -0.3 is 62.9 Å². The fourth-order valence-corrected chi connectivity index (χ4v) is 18.6. The van der Waals surface area contributed by atoms with Gasteiger partial charge in [-0.2, -0.15) is 52.7 Å². The Bertz CT molecular complexity index is 8230. The molecule has 2 fully saturated rings. The van der Waals surface area contributed by atoms with Crippen LogP contribution in [-0.2, 0) is 45.4 Å². The Morgan fingerprint density at radius 3 is 1.07 bits per heavy atom. The summed E-state index contributed by atoms with van der Waals surface area (Å²) < 4.78 is 196. The largest absolute Gasteiger partial charge is 0.425 e. The molecule has 0 spiro atoms. The van der Waals surface area contributed by atoms with E-state index in [9.17, 15) is 95.8 Å². The first-order valence-electron chi connectivity index (χ1n) is 44.0. The topological polar surface area (TPSA) is 352 Å². The lowest BCUT2D eigenvalue weighted by molar-refractivity contribution is -0.138. The van der Waals surface area contributed by atoms with Gasteiger partial charge in [0.1, 0.15) is 5.75 Å². The number of amides is 4. The van der Waals surface area contributed by atoms with E-state index in [1.807, 2.05) is 70.2 Å². The Hall–Kier alpha value is -15.1. The molecule has 7 heterocycles. The monoisotopic (exact) mass is 2260 g/mol. The summed E-state index contributed by atoms with van der Waals surface area (Å²) in [6.07, 6.45) is -18.0. The molecular formula is C104H76Br4F12N10O16. The third-order valence-corrected chi connectivity index (χ3v) is 25.4. The Labute approximate surface area is 850 Å². The molecule has 0 atom stereocenters. The Kier molecular flexibility index (Phi) is 30.6. The van der Waals surface area contributed by atoms with Crippen molar-refractivity contribution in [3.05, 3.63) is 363 Å². The predicted octanol–water partition coefficient (Wildman–Crippen LogP) is 25.3. The average Bonchev–Trinajstić information content (AvgIpc) is 1.59. The van der Waals surface area contributed by atoms with E-state index >= 15 is 0 Å². The van der Waals surface area contributed by atoms with Gasteiger partial charge in [0.2, 0.25) is 0 Å². The second kappa shape index (κ2) is 43.0. The van der Waals surface area contributed by atoms with E-state index < -0.39 is 93.6 Å². The number of hydrogen-bond acceptors (Lipinski definition) is 18. The van der Waals surface area contributed by atoms with Crippen molar-refractivity contribution < 1.29 is 109 Å². The maximum atomic E-state index is 13.1. The summed E-state index contributed by atoms with van der Waals surface area (Å²) >= 11 is 13.4. The Balaban J connectivity index is 0.000000134. The van der Waals surface area contributed by atoms with Crippen molar-refractivity contribution in [1.82, 2.24) is 19.9 Å². The normalized spacial score (nSPS) is 13.2. The summed E-state index contributed by atoms with van der Waals surface area (Å²) in [5.41, 5.74) is 13.5. The number of H-pyrrole nitrogens is 4. The first-order chi connectivity index (χ1) is 69.3. The number of nitrogens with zero attached hydrogens (tertiary/aromatic N) is 2. The first kappa shape index (κ1) is 104. The van der Waals surface area contributed by atoms with E-state index in [2.05, 4.69) is 115 Å². The number of rotatable bonds is 14. The number of aryl methyl sites for hydroxylation is 4. The van der Waals surface area contributed by atoms with Crippen LogP contribution in [0.4, 0.5) is 86.8 Å². The molecule has 42 heteroatoms. The van der Waals surface area contributed by atoms with E-state index in [4.69, 9.17) is 31.9 Å². The quantitative estimate of drug-likeness (QED) is 0.0285. The SMILES string of the molecule is Cc1ccc(NC(=O)c2cccc(C(F)(F)F)c2)cc1-c1cc(Br)c2c(c1)CC(=O)O2.Cc1ccc(NC(=O)c2cccc(C(F)(F)F)c2)cc1-c1cc(Br)cc2[nH]c(=O)oc12.Cc1ccc(NC(=O)c2cccc(C(F)(F)F)c2)cc1-c1cc(N2CCOCC2)c2oc(=O)[nH]c2c1.Cc1ccc(NC(=O)c2cccc(C(F)(F)F)c2)cc1-c1cc(N2CCOCC2)cc2[nH]c(=O)oc12.O=c1[nH]c2cc(Br)cc(Br)c2o1. The van der Waals surface area contributed by atoms with Gasteiger partial charge in [0.15, 0.2) is 22.3 Å². The van der Waals surface area contributed by atoms with Crippen LogP contribution in [0, 0.1) is 27.7 Å². The van der Waals surface area contributed by atoms with Gasteiger partial charge >= 0.3 is 53.7 Å². The van der Waals surface area contributed by atoms with Crippen LogP contribution in [-0.4, -0.2) is 102 Å². The maximum absolute atomic E-state index is 13.1. The molecule has 4 aromatic heterocycles. The number of halogens is 16. The zero-order chi connectivity index (χ0) is 104. The molecule has 2 saturated heterocycles. The second-order valence-electron chi connectivity index (χ2n) is 33.4. The third kappa shape index (κ3) is 24.6. The average molecular weight is 2270 g/mol. The first-order valence-corrected chi connectivity index (χ1v) is 47.2. The predicted molar refractivity (Wildman–Crippen MR) is 538 cm³/mol. The highest BCUT2D eigenvalue weighted by Gasteiger charge is 2.36. The maximum Gasteiger partial charge on any atom is 0.417 e. The molecule has 3 aliphatic rings. The molecule has 8 N–H and O–H groups in total. The van der Waals surface area contributed by atoms with Crippen molar-refractivity contribution in [3.8, 4) is 50.3 Å². The Morgan fingerprint density at radius 1 is 0.329 bits per heavy atom. The number of anilines is 6. The fraction of sp³-hybridized carbons (Fsp3) is 0.163. The van der Waals surface area contributed by atoms with Gasteiger partial charge in [-0.15, -0.1) is 0 Å². The summed E-state index contributed by atoms with van der Waals surface area (Å²) in [6.45, 7) is 12.5. The number of ether oxygens (including phenoxy) is 3. The minimum atomic E-state index is -4.55. The molecule has 3 aliphatic heterocycles. The number of aromatic amines is 4. The lowest BCUT2D eigenvalue weighted by atomic mass is 9.97. The van der Waals surface area contributed by atoms with Crippen LogP contribution in [0.3, 0.4) is 0 Å². The summed E-state index contributed by atoms with van der Waals surface area (Å²) in [7, 11) is 0. The van der Waals surface area contributed by atoms with E-state index in [0.29, 0.717) is 157 Å². The van der Waals surface area contributed by atoms with E-state index in [1.54, 1.807) is 91.0 Å². The molecular weight excluding hydrogens is 2190 g/mol. The van der Waals surface area contributed by atoms with Crippen molar-refractivity contribution in [1.29, 1.82) is 0 Å². The van der Waals surface area contributed by atoms with Crippen molar-refractivity contribution in [3.63, 3.8) is 0 Å². The van der Waals surface area contributed by atoms with Gasteiger partial charge in [0, 0.05) is 103 Å². The number of benzene rings is 13. The van der Waals surface area contributed by atoms with Crippen molar-refractivity contribution in [2.45, 2.75) is 58.8 Å². The molecule has 17 aromatic rings. The molecule has 13 aromatic carbocycles. The van der Waals surface area contributed by atoms with Crippen LogP contribution in [0.1, 0.15) is 91.5 Å². The van der Waals surface area contributed by atoms with E-state index in [1.165, 1.54) is 48.5 Å². The molecule has 0 bridgehead atoms. The van der Waals surface area contributed by atoms with Crippen LogP contribution < -0.4 is 58.8 Å². The lowest BCUT2D eigenvalue weighted by Crippen LogP contribution is -2.36. The molecule has 4 amide bonds. The van der Waals surface area contributed by atoms with Crippen LogP contribution in [0.2, 0.25) is 0 Å². The van der Waals surface area contributed by atoms with Crippen LogP contribution in [0.15, 0.2) is 285 Å². The second-order valence-corrected chi connectivity index (χ2v) is 37.0. The number of nitrogens with one attached hydrogen (secondary N) is 8. The summed E-state index contributed by atoms with van der Waals surface area (Å²) in [4.78, 5) is 123. The highest BCUT2D eigenvalue weighted by Crippen LogP contribution is 2.45. The smallest absolute Gasteiger partial charge is 0.417 e. The molecule has 0 unspecified atom stereocenters. The number of oxazole rings is 4. The minimum absolute atomic E-state index is 0.0899. The number of hydrogen-bond donors (Lipinski definition) is 8. The molecule has 0 radical (unpaired) electrons. The van der Waals surface area contributed by atoms with Crippen molar-refractivity contribution in [2.75, 3.05) is 83.7 Å². The van der Waals surface area contributed by atoms with Gasteiger partial charge in [0.25, 0.3) is 23.6 Å². The van der Waals surface area contributed by atoms with Gasteiger partial charge in [0.05, 0.1) is 91.8 Å². The van der Waals surface area contributed by atoms with Gasteiger partial charge in [-0.25, -0.2) is 19.2 Å². The number of carbonyl (C=O) groups is 5. The van der Waals surface area contributed by atoms with Crippen LogP contribution in [0.25, 0.3) is 88.9 Å². The standard InChI is InChI=1S/2C26H22F3N3O4.C23H15BrF3NO3.C22H14BrF3N2O3.C7H3Br2NO2/c1-15-5-6-19(30-24(33)16-3-2-4-18(11-16)26(27,28)29)14-20(15)17-12-21-23(36-25(34)31-21)22(13-17)32-7-9-35-10-8-32;1-15-5-6-18(30-24(33)16-3-2-4-17(11-16)26(27,28)29)12-20(15)21-13-19(32-7-9-35-10-8-32)14-22-23(21)36-25(34)31-22;1-12-5-6-17(28-22(30)13-3-2-4-16(8-13)23(25,26)27)11-18(12)14-7-15-10-20(29)31-21(15)19(24)9-14;1-11-5-6-15(27-20(29)12-3-2-4-13(7-12)22(24,25)26)10-16(11)17-8-14(23)9-18-19(17)31-21(30)28-18;8-3-1-4(9)6-5(2-3)10-7(11)12-6/h2*2-6,11-14H,7-10H2,1H3,(H,30,33)(H,31,34);2-9,11H,10H2,1H3,(H,28,30);2-10H,1H3,(H,27,29)(H,28,30);1-2H,(H,10,11). The Morgan fingerprint density at radius 2 is 0.664 bits per heavy atom.